The number of carbonyl (C=O) groups excluding carboxylic acids is 1. The quantitative estimate of drug-likeness (QED) is 0.613. The smallest absolute Gasteiger partial charge is 0.251 e. The lowest BCUT2D eigenvalue weighted by Crippen LogP contribution is -2.35. The number of hydrogen-bond acceptors (Lipinski definition) is 3. The fourth-order valence-electron chi connectivity index (χ4n) is 1.18. The minimum Gasteiger partial charge on any atom is -0.395 e. The van der Waals surface area contributed by atoms with Crippen LogP contribution in [0.3, 0.4) is 0 Å². The van der Waals surface area contributed by atoms with Gasteiger partial charge in [0.1, 0.15) is 0 Å². The van der Waals surface area contributed by atoms with Crippen LogP contribution >= 0.6 is 0 Å². The molecule has 0 unspecified atom stereocenters. The molecule has 0 atom stereocenters. The molecule has 0 rings (SSSR count). The van der Waals surface area contributed by atoms with Crippen LogP contribution in [0.25, 0.3) is 0 Å². The van der Waals surface area contributed by atoms with E-state index in [9.17, 15) is 13.6 Å². The summed E-state index contributed by atoms with van der Waals surface area (Å²) in [6.07, 6.45) is -2.26. The summed E-state index contributed by atoms with van der Waals surface area (Å²) in [7, 11) is 0. The van der Waals surface area contributed by atoms with Gasteiger partial charge in [0, 0.05) is 26.1 Å². The average molecular weight is 224 g/mol. The Labute approximate surface area is 88.3 Å². The van der Waals surface area contributed by atoms with Gasteiger partial charge in [0.15, 0.2) is 0 Å². The lowest BCUT2D eigenvalue weighted by Gasteiger charge is -2.20. The largest absolute Gasteiger partial charge is 0.395 e. The van der Waals surface area contributed by atoms with Gasteiger partial charge in [-0.1, -0.05) is 0 Å². The predicted molar refractivity (Wildman–Crippen MR) is 52.8 cm³/mol. The minimum absolute atomic E-state index is 0.158. The topological polar surface area (TPSA) is 52.6 Å². The van der Waals surface area contributed by atoms with Crippen molar-refractivity contribution in [3.8, 4) is 0 Å². The highest BCUT2D eigenvalue weighted by Crippen LogP contribution is 1.99. The molecule has 90 valence electrons. The summed E-state index contributed by atoms with van der Waals surface area (Å²) in [4.78, 5) is 12.4. The fourth-order valence-corrected chi connectivity index (χ4v) is 1.18. The van der Waals surface area contributed by atoms with Crippen LogP contribution in [-0.4, -0.2) is 55.1 Å². The highest BCUT2D eigenvalue weighted by Gasteiger charge is 2.12. The number of hydrogen-bond donors (Lipinski definition) is 2. The van der Waals surface area contributed by atoms with Gasteiger partial charge in [-0.3, -0.25) is 9.69 Å². The standard InChI is InChI=1S/C9H18F2N2O2/c1-2-12-9(15)3-4-13(5-6-14)7-8(10)11/h8,14H,2-7H2,1H3,(H,12,15). The van der Waals surface area contributed by atoms with Gasteiger partial charge in [-0.05, 0) is 6.92 Å². The first-order chi connectivity index (χ1) is 7.10. The van der Waals surface area contributed by atoms with E-state index in [-0.39, 0.29) is 32.0 Å². The number of carbonyl (C=O) groups is 1. The Morgan fingerprint density at radius 2 is 2.13 bits per heavy atom. The molecule has 0 radical (unpaired) electrons. The van der Waals surface area contributed by atoms with E-state index < -0.39 is 13.0 Å². The van der Waals surface area contributed by atoms with Crippen LogP contribution in [0.4, 0.5) is 8.78 Å². The zero-order chi connectivity index (χ0) is 11.7. The average Bonchev–Trinajstić information content (AvgIpc) is 2.14. The molecule has 0 aromatic heterocycles. The van der Waals surface area contributed by atoms with Crippen LogP contribution in [0.5, 0.6) is 0 Å². The van der Waals surface area contributed by atoms with Crippen LogP contribution in [0.15, 0.2) is 0 Å². The molecule has 0 bridgehead atoms. The molecule has 0 aliphatic heterocycles. The molecule has 0 aliphatic carbocycles. The van der Waals surface area contributed by atoms with Gasteiger partial charge in [-0.2, -0.15) is 0 Å². The molecule has 0 aromatic carbocycles. The number of rotatable bonds is 8. The van der Waals surface area contributed by atoms with E-state index in [2.05, 4.69) is 5.32 Å². The van der Waals surface area contributed by atoms with Crippen molar-refractivity contribution in [3.05, 3.63) is 0 Å². The summed E-state index contributed by atoms with van der Waals surface area (Å²) in [6.45, 7) is 2.17. The second-order valence-corrected chi connectivity index (χ2v) is 3.12. The maximum absolute atomic E-state index is 12.1. The summed E-state index contributed by atoms with van der Waals surface area (Å²) < 4.78 is 24.1. The number of nitrogens with zero attached hydrogens (tertiary/aromatic N) is 1. The molecule has 0 fully saturated rings. The van der Waals surface area contributed by atoms with Crippen LogP contribution in [0.2, 0.25) is 0 Å². The Balaban J connectivity index is 3.78. The summed E-state index contributed by atoms with van der Waals surface area (Å²) >= 11 is 0. The first kappa shape index (κ1) is 14.2. The number of amides is 1. The van der Waals surface area contributed by atoms with Gasteiger partial charge < -0.3 is 10.4 Å². The highest BCUT2D eigenvalue weighted by atomic mass is 19.3. The van der Waals surface area contributed by atoms with Gasteiger partial charge in [0.25, 0.3) is 6.43 Å². The SMILES string of the molecule is CCNC(=O)CCN(CCO)CC(F)F. The fraction of sp³-hybridized carbons (Fsp3) is 0.889. The molecule has 0 saturated carbocycles. The van der Waals surface area contributed by atoms with E-state index >= 15 is 0 Å². The molecule has 0 heterocycles. The van der Waals surface area contributed by atoms with Crippen molar-refractivity contribution in [1.82, 2.24) is 10.2 Å². The summed E-state index contributed by atoms with van der Waals surface area (Å²) in [6, 6.07) is 0. The first-order valence-electron chi connectivity index (χ1n) is 4.98. The molecule has 4 nitrogen and oxygen atoms in total. The lowest BCUT2D eigenvalue weighted by molar-refractivity contribution is -0.121. The van der Waals surface area contributed by atoms with Gasteiger partial charge in [0.05, 0.1) is 13.2 Å². The Morgan fingerprint density at radius 3 is 2.60 bits per heavy atom. The summed E-state index contributed by atoms with van der Waals surface area (Å²) in [5.41, 5.74) is 0. The lowest BCUT2D eigenvalue weighted by atomic mass is 10.3. The predicted octanol–water partition coefficient (Wildman–Crippen LogP) is 0.0720. The first-order valence-corrected chi connectivity index (χ1v) is 4.98. The number of aliphatic hydroxyl groups is 1. The Kier molecular flexibility index (Phi) is 8.12. The maximum Gasteiger partial charge on any atom is 0.251 e. The third-order valence-electron chi connectivity index (χ3n) is 1.84. The van der Waals surface area contributed by atoms with Crippen LogP contribution in [0.1, 0.15) is 13.3 Å². The van der Waals surface area contributed by atoms with Gasteiger partial charge in [-0.15, -0.1) is 0 Å². The van der Waals surface area contributed by atoms with Gasteiger partial charge in [0.2, 0.25) is 5.91 Å². The van der Waals surface area contributed by atoms with E-state index in [1.165, 1.54) is 4.90 Å². The molecule has 0 aromatic rings. The van der Waals surface area contributed by atoms with Crippen LogP contribution in [0, 0.1) is 0 Å². The molecular weight excluding hydrogens is 206 g/mol. The van der Waals surface area contributed by atoms with Crippen molar-refractivity contribution in [3.63, 3.8) is 0 Å². The van der Waals surface area contributed by atoms with E-state index in [4.69, 9.17) is 5.11 Å². The normalized spacial score (nSPS) is 11.1. The number of nitrogens with one attached hydrogen (secondary N) is 1. The van der Waals surface area contributed by atoms with Crippen molar-refractivity contribution >= 4 is 5.91 Å². The van der Waals surface area contributed by atoms with Crippen molar-refractivity contribution in [2.75, 3.05) is 32.8 Å². The van der Waals surface area contributed by atoms with Crippen LogP contribution in [-0.2, 0) is 4.79 Å². The Bertz CT molecular complexity index is 179. The highest BCUT2D eigenvalue weighted by molar-refractivity contribution is 5.75. The molecule has 0 spiro atoms. The second kappa shape index (κ2) is 8.55. The Morgan fingerprint density at radius 1 is 1.47 bits per heavy atom. The molecule has 2 N–H and O–H groups in total. The van der Waals surface area contributed by atoms with E-state index in [0.29, 0.717) is 6.54 Å². The molecule has 15 heavy (non-hydrogen) atoms. The van der Waals surface area contributed by atoms with Crippen molar-refractivity contribution in [2.24, 2.45) is 0 Å². The van der Waals surface area contributed by atoms with E-state index in [0.717, 1.165) is 0 Å². The Hall–Kier alpha value is -0.750. The molecular formula is C9H18F2N2O2. The number of halogens is 2. The second-order valence-electron chi connectivity index (χ2n) is 3.12. The third kappa shape index (κ3) is 8.26. The van der Waals surface area contributed by atoms with E-state index in [1.807, 2.05) is 0 Å². The third-order valence-corrected chi connectivity index (χ3v) is 1.84. The number of aliphatic hydroxyl groups excluding tert-OH is 1. The van der Waals surface area contributed by atoms with Crippen molar-refractivity contribution < 1.29 is 18.7 Å². The molecule has 1 amide bonds. The van der Waals surface area contributed by atoms with E-state index in [1.54, 1.807) is 6.92 Å². The zero-order valence-corrected chi connectivity index (χ0v) is 8.88. The summed E-state index contributed by atoms with van der Waals surface area (Å²) in [5, 5.41) is 11.2. The van der Waals surface area contributed by atoms with Crippen molar-refractivity contribution in [1.29, 1.82) is 0 Å². The molecule has 6 heteroatoms. The van der Waals surface area contributed by atoms with Crippen LogP contribution < -0.4 is 5.32 Å². The monoisotopic (exact) mass is 224 g/mol. The molecule has 0 aliphatic rings. The van der Waals surface area contributed by atoms with Gasteiger partial charge >= 0.3 is 0 Å². The van der Waals surface area contributed by atoms with Crippen molar-refractivity contribution in [2.45, 2.75) is 19.8 Å². The molecule has 0 saturated heterocycles. The summed E-state index contributed by atoms with van der Waals surface area (Å²) in [5.74, 6) is -0.158. The number of alkyl halides is 2. The minimum atomic E-state index is -2.44. The maximum atomic E-state index is 12.1. The zero-order valence-electron chi connectivity index (χ0n) is 8.88. The van der Waals surface area contributed by atoms with Gasteiger partial charge in [-0.25, -0.2) is 8.78 Å².